The summed E-state index contributed by atoms with van der Waals surface area (Å²) in [4.78, 5) is 0. The van der Waals surface area contributed by atoms with Gasteiger partial charge in [0.15, 0.2) is 0 Å². The Morgan fingerprint density at radius 3 is 1.53 bits per heavy atom. The van der Waals surface area contributed by atoms with Gasteiger partial charge in [-0.2, -0.15) is 11.1 Å². The average molecular weight is 461 g/mol. The van der Waals surface area contributed by atoms with Crippen molar-refractivity contribution >= 4 is 13.3 Å². The molecular formula is C28H48SiTi. The van der Waals surface area contributed by atoms with Gasteiger partial charge < -0.3 is 22.3 Å². The fraction of sp³-hybridized carbons (Fsp3) is 0.536. The van der Waals surface area contributed by atoms with Crippen molar-refractivity contribution in [2.75, 3.05) is 0 Å². The molecule has 168 valence electrons. The van der Waals surface area contributed by atoms with Crippen molar-refractivity contribution in [1.29, 1.82) is 0 Å². The minimum absolute atomic E-state index is 0. The molecule has 1 aromatic rings. The first-order valence-corrected chi connectivity index (χ1v) is 12.6. The number of hydrogen-bond acceptors (Lipinski definition) is 0. The maximum atomic E-state index is 4.04. The number of hydrogen-bond donors (Lipinski definition) is 0. The Labute approximate surface area is 206 Å². The summed E-state index contributed by atoms with van der Waals surface area (Å²) in [6.07, 6.45) is 6.53. The normalized spacial score (nSPS) is 21.7. The molecule has 2 rings (SSSR count). The molecule has 0 aliphatic heterocycles. The first-order chi connectivity index (χ1) is 12.1. The molecule has 1 aromatic carbocycles. The van der Waals surface area contributed by atoms with Crippen molar-refractivity contribution < 1.29 is 21.7 Å². The van der Waals surface area contributed by atoms with Gasteiger partial charge in [-0.1, -0.05) is 101 Å². The third-order valence-electron chi connectivity index (χ3n) is 7.62. The van der Waals surface area contributed by atoms with E-state index in [0.29, 0.717) is 11.1 Å². The fourth-order valence-electron chi connectivity index (χ4n) is 5.82. The fourth-order valence-corrected chi connectivity index (χ4v) is 13.9. The van der Waals surface area contributed by atoms with Gasteiger partial charge in [-0.05, 0) is 24.9 Å². The van der Waals surface area contributed by atoms with Crippen LogP contribution in [0.5, 0.6) is 0 Å². The number of benzene rings is 1. The molecule has 0 amide bonds. The zero-order chi connectivity index (χ0) is 19.9. The van der Waals surface area contributed by atoms with Gasteiger partial charge in [0.1, 0.15) is 0 Å². The average Bonchev–Trinajstić information content (AvgIpc) is 2.77. The van der Waals surface area contributed by atoms with Crippen molar-refractivity contribution in [3.8, 4) is 0 Å². The second-order valence-corrected chi connectivity index (χ2v) is 14.3. The molecule has 0 aromatic heterocycles. The van der Waals surface area contributed by atoms with Crippen LogP contribution < -0.4 is 5.19 Å². The largest absolute Gasteiger partial charge is 4.00 e. The first kappa shape index (κ1) is 34.2. The number of aryl methyl sites for hydroxylation is 2. The van der Waals surface area contributed by atoms with Crippen LogP contribution in [0.3, 0.4) is 0 Å². The summed E-state index contributed by atoms with van der Waals surface area (Å²) >= 11 is 0. The predicted octanol–water partition coefficient (Wildman–Crippen LogP) is 8.77. The molecule has 30 heavy (non-hydrogen) atoms. The first-order valence-electron chi connectivity index (χ1n) is 10.4. The Kier molecular flexibility index (Phi) is 14.4. The van der Waals surface area contributed by atoms with E-state index in [4.69, 9.17) is 0 Å². The van der Waals surface area contributed by atoms with Crippen LogP contribution in [0, 0.1) is 42.2 Å². The van der Waals surface area contributed by atoms with Crippen LogP contribution in [0.2, 0.25) is 16.1 Å². The molecule has 1 aliphatic rings. The summed E-state index contributed by atoms with van der Waals surface area (Å²) in [6, 6.07) is 7.35. The quantitative estimate of drug-likeness (QED) is 0.294. The Hall–Kier alpha value is -0.369. The molecule has 0 saturated heterocycles. The molecule has 0 radical (unpaired) electrons. The van der Waals surface area contributed by atoms with Gasteiger partial charge in [0.25, 0.3) is 0 Å². The Balaban J connectivity index is -0.00000182. The molecule has 0 nitrogen and oxygen atoms in total. The van der Waals surface area contributed by atoms with E-state index < -0.39 is 8.07 Å². The second-order valence-electron chi connectivity index (χ2n) is 8.99. The minimum Gasteiger partial charge on any atom is -0.358 e. The van der Waals surface area contributed by atoms with E-state index in [1.54, 1.807) is 10.8 Å². The van der Waals surface area contributed by atoms with Crippen molar-refractivity contribution in [2.24, 2.45) is 0 Å². The Morgan fingerprint density at radius 2 is 1.23 bits per heavy atom. The van der Waals surface area contributed by atoms with Crippen molar-refractivity contribution in [2.45, 2.75) is 98.2 Å². The van der Waals surface area contributed by atoms with Gasteiger partial charge in [0, 0.05) is 0 Å². The third kappa shape index (κ3) is 5.16. The summed E-state index contributed by atoms with van der Waals surface area (Å²) in [7, 11) is -1.97. The van der Waals surface area contributed by atoms with E-state index in [-0.39, 0.29) is 49.0 Å². The molecule has 3 unspecified atom stereocenters. The molecule has 3 atom stereocenters. The molecule has 1 aliphatic carbocycles. The van der Waals surface area contributed by atoms with E-state index in [9.17, 15) is 0 Å². The predicted molar refractivity (Wildman–Crippen MR) is 139 cm³/mol. The van der Waals surface area contributed by atoms with E-state index >= 15 is 0 Å². The standard InChI is InChI=1S/C25H39Si.3CH3.Ti/c1-11-20(6)26(21(7)12-2,24-14-17(3)13-18(4)15-24)25(10)16-19(5)22(8)23(25)9;;;;/h13-15,20-21H,11-12H2,1-10H3;3*1H3;/q4*-1;+4. The van der Waals surface area contributed by atoms with Gasteiger partial charge in [-0.25, -0.2) is 5.57 Å². The monoisotopic (exact) mass is 460 g/mol. The third-order valence-corrected chi connectivity index (χ3v) is 14.9. The van der Waals surface area contributed by atoms with Crippen LogP contribution in [0.4, 0.5) is 0 Å². The van der Waals surface area contributed by atoms with Gasteiger partial charge in [0.2, 0.25) is 0 Å². The summed E-state index contributed by atoms with van der Waals surface area (Å²) in [6.45, 7) is 23.8. The van der Waals surface area contributed by atoms with Crippen LogP contribution in [0.1, 0.15) is 79.4 Å². The van der Waals surface area contributed by atoms with Crippen molar-refractivity contribution in [3.05, 3.63) is 74.4 Å². The van der Waals surface area contributed by atoms with Gasteiger partial charge in [-0.15, -0.1) is 6.92 Å². The molecule has 0 N–H and O–H groups in total. The molecule has 0 fully saturated rings. The summed E-state index contributed by atoms with van der Waals surface area (Å²) in [5.74, 6) is 0. The maximum absolute atomic E-state index is 4.04. The topological polar surface area (TPSA) is 0 Å². The zero-order valence-electron chi connectivity index (χ0n) is 22.3. The van der Waals surface area contributed by atoms with Crippen LogP contribution in [-0.4, -0.2) is 8.07 Å². The molecule has 0 saturated carbocycles. The smallest absolute Gasteiger partial charge is 0.358 e. The van der Waals surface area contributed by atoms with Crippen LogP contribution in [-0.2, 0) is 21.7 Å². The molecule has 2 heteroatoms. The van der Waals surface area contributed by atoms with Gasteiger partial charge >= 0.3 is 21.7 Å². The Bertz CT molecular complexity index is 713. The number of rotatable bonds is 6. The van der Waals surface area contributed by atoms with Gasteiger partial charge in [-0.3, -0.25) is 6.08 Å². The van der Waals surface area contributed by atoms with Crippen LogP contribution in [0.15, 0.2) is 34.9 Å². The van der Waals surface area contributed by atoms with Gasteiger partial charge in [0.05, 0.1) is 8.07 Å². The van der Waals surface area contributed by atoms with Crippen LogP contribution >= 0.6 is 0 Å². The minimum atomic E-state index is -1.97. The van der Waals surface area contributed by atoms with E-state index in [1.165, 1.54) is 35.1 Å². The van der Waals surface area contributed by atoms with Crippen LogP contribution in [0.25, 0.3) is 0 Å². The summed E-state index contributed by atoms with van der Waals surface area (Å²) in [5.41, 5.74) is 8.66. The van der Waals surface area contributed by atoms with E-state index in [2.05, 4.69) is 93.5 Å². The maximum Gasteiger partial charge on any atom is 4.00 e. The van der Waals surface area contributed by atoms with E-state index in [0.717, 1.165) is 0 Å². The molecule has 0 bridgehead atoms. The zero-order valence-corrected chi connectivity index (χ0v) is 24.9. The van der Waals surface area contributed by atoms with Crippen molar-refractivity contribution in [1.82, 2.24) is 0 Å². The summed E-state index contributed by atoms with van der Waals surface area (Å²) in [5, 5.41) is 1.72. The Morgan fingerprint density at radius 1 is 0.833 bits per heavy atom. The number of allylic oxidation sites excluding steroid dienone is 4. The molecular weight excluding hydrogens is 412 g/mol. The summed E-state index contributed by atoms with van der Waals surface area (Å²) < 4.78 is 0. The van der Waals surface area contributed by atoms with Crippen molar-refractivity contribution in [3.63, 3.8) is 0 Å². The molecule has 0 heterocycles. The SMILES string of the molecule is CCC(C)[Si](c1cc(C)cc(C)c1)(C(C)CC)C1(C)[C-]=C(C)C(C)=C1C.[CH3-].[CH3-].[CH3-].[Ti+4]. The second kappa shape index (κ2) is 12.6. The van der Waals surface area contributed by atoms with E-state index in [1.807, 2.05) is 0 Å². The molecule has 0 spiro atoms.